The van der Waals surface area contributed by atoms with Crippen LogP contribution in [-0.4, -0.2) is 9.78 Å². The van der Waals surface area contributed by atoms with Crippen molar-refractivity contribution in [1.82, 2.24) is 15.2 Å². The Bertz CT molecular complexity index is 555. The maximum Gasteiger partial charge on any atom is 0.0551 e. The summed E-state index contributed by atoms with van der Waals surface area (Å²) in [5.41, 5.74) is 5.11. The van der Waals surface area contributed by atoms with Gasteiger partial charge in [0, 0.05) is 29.5 Å². The van der Waals surface area contributed by atoms with Crippen molar-refractivity contribution in [2.24, 2.45) is 12.9 Å². The molecule has 0 saturated heterocycles. The van der Waals surface area contributed by atoms with Crippen LogP contribution in [0.1, 0.15) is 23.7 Å². The van der Waals surface area contributed by atoms with Crippen LogP contribution >= 0.6 is 27.5 Å². The van der Waals surface area contributed by atoms with E-state index in [1.807, 2.05) is 36.0 Å². The Balaban J connectivity index is 2.07. The van der Waals surface area contributed by atoms with Gasteiger partial charge in [0.2, 0.25) is 0 Å². The number of rotatable bonds is 5. The van der Waals surface area contributed by atoms with Crippen LogP contribution < -0.4 is 11.3 Å². The molecule has 6 heteroatoms. The summed E-state index contributed by atoms with van der Waals surface area (Å²) in [6.07, 6.45) is 3.59. The molecule has 19 heavy (non-hydrogen) atoms. The maximum absolute atomic E-state index is 6.11. The molecule has 2 aromatic rings. The van der Waals surface area contributed by atoms with E-state index in [1.54, 1.807) is 6.20 Å². The lowest BCUT2D eigenvalue weighted by Crippen LogP contribution is -2.28. The van der Waals surface area contributed by atoms with Gasteiger partial charge in [-0.25, -0.2) is 0 Å². The molecule has 1 heterocycles. The molecule has 0 saturated carbocycles. The lowest BCUT2D eigenvalue weighted by molar-refractivity contribution is 0.507. The predicted octanol–water partition coefficient (Wildman–Crippen LogP) is 2.97. The number of hydrogen-bond acceptors (Lipinski definition) is 3. The number of nitrogens with zero attached hydrogens (tertiary/aromatic N) is 2. The zero-order valence-corrected chi connectivity index (χ0v) is 12.9. The molecule has 0 fully saturated rings. The normalized spacial score (nSPS) is 12.6. The molecule has 4 nitrogen and oxygen atoms in total. The second-order valence-electron chi connectivity index (χ2n) is 4.38. The zero-order valence-electron chi connectivity index (χ0n) is 10.6. The Morgan fingerprint density at radius 2 is 2.26 bits per heavy atom. The van der Waals surface area contributed by atoms with E-state index in [0.717, 1.165) is 22.9 Å². The van der Waals surface area contributed by atoms with Crippen LogP contribution in [0.15, 0.2) is 34.9 Å². The summed E-state index contributed by atoms with van der Waals surface area (Å²) in [6.45, 7) is 0. The van der Waals surface area contributed by atoms with Crippen LogP contribution in [0, 0.1) is 0 Å². The Labute approximate surface area is 126 Å². The highest BCUT2D eigenvalue weighted by Gasteiger charge is 2.12. The molecule has 0 aliphatic rings. The number of aromatic nitrogens is 2. The summed E-state index contributed by atoms with van der Waals surface area (Å²) >= 11 is 9.50. The van der Waals surface area contributed by atoms with E-state index in [2.05, 4.69) is 26.5 Å². The van der Waals surface area contributed by atoms with Crippen LogP contribution in [0.25, 0.3) is 0 Å². The largest absolute Gasteiger partial charge is 0.273 e. The second-order valence-corrected chi connectivity index (χ2v) is 5.64. The van der Waals surface area contributed by atoms with Gasteiger partial charge in [0.05, 0.1) is 5.02 Å². The number of nitrogens with one attached hydrogen (secondary N) is 1. The molecular weight excluding hydrogens is 328 g/mol. The van der Waals surface area contributed by atoms with Crippen LogP contribution in [0.3, 0.4) is 0 Å². The van der Waals surface area contributed by atoms with E-state index >= 15 is 0 Å². The first kappa shape index (κ1) is 14.5. The molecular formula is C13H16BrClN4. The van der Waals surface area contributed by atoms with E-state index in [4.69, 9.17) is 17.4 Å². The Kier molecular flexibility index (Phi) is 4.99. The quantitative estimate of drug-likeness (QED) is 0.648. The first-order valence-corrected chi connectivity index (χ1v) is 7.17. The average molecular weight is 344 g/mol. The third-order valence-corrected chi connectivity index (χ3v) is 4.39. The highest BCUT2D eigenvalue weighted by Crippen LogP contribution is 2.27. The monoisotopic (exact) mass is 342 g/mol. The van der Waals surface area contributed by atoms with E-state index in [0.29, 0.717) is 5.02 Å². The van der Waals surface area contributed by atoms with Gasteiger partial charge < -0.3 is 0 Å². The van der Waals surface area contributed by atoms with Crippen molar-refractivity contribution in [3.63, 3.8) is 0 Å². The van der Waals surface area contributed by atoms with E-state index in [1.165, 1.54) is 5.69 Å². The van der Waals surface area contributed by atoms with Crippen LogP contribution in [0.4, 0.5) is 0 Å². The van der Waals surface area contributed by atoms with Crippen molar-refractivity contribution in [3.05, 3.63) is 51.2 Å². The SMILES string of the molecule is Cn1nccc1CCC(NN)c1ccc(Br)c(Cl)c1. The van der Waals surface area contributed by atoms with Crippen molar-refractivity contribution < 1.29 is 0 Å². The number of hydrazine groups is 1. The second kappa shape index (κ2) is 6.52. The van der Waals surface area contributed by atoms with Crippen molar-refractivity contribution in [2.75, 3.05) is 0 Å². The minimum atomic E-state index is 0.0699. The van der Waals surface area contributed by atoms with Gasteiger partial charge >= 0.3 is 0 Å². The molecule has 102 valence electrons. The lowest BCUT2D eigenvalue weighted by atomic mass is 10.0. The smallest absolute Gasteiger partial charge is 0.0551 e. The van der Waals surface area contributed by atoms with E-state index in [9.17, 15) is 0 Å². The van der Waals surface area contributed by atoms with Gasteiger partial charge in [0.1, 0.15) is 0 Å². The van der Waals surface area contributed by atoms with Gasteiger partial charge in [-0.05, 0) is 52.5 Å². The summed E-state index contributed by atoms with van der Waals surface area (Å²) in [7, 11) is 1.94. The fourth-order valence-electron chi connectivity index (χ4n) is 2.01. The summed E-state index contributed by atoms with van der Waals surface area (Å²) in [5, 5.41) is 4.85. The van der Waals surface area contributed by atoms with Gasteiger partial charge in [-0.3, -0.25) is 16.0 Å². The van der Waals surface area contributed by atoms with E-state index in [-0.39, 0.29) is 6.04 Å². The Hall–Kier alpha value is -0.880. The molecule has 0 bridgehead atoms. The first-order valence-electron chi connectivity index (χ1n) is 5.99. The fourth-order valence-corrected chi connectivity index (χ4v) is 2.45. The maximum atomic E-state index is 6.11. The van der Waals surface area contributed by atoms with E-state index < -0.39 is 0 Å². The summed E-state index contributed by atoms with van der Waals surface area (Å²) in [6, 6.07) is 7.97. The van der Waals surface area contributed by atoms with Crippen LogP contribution in [-0.2, 0) is 13.5 Å². The van der Waals surface area contributed by atoms with Crippen molar-refractivity contribution in [2.45, 2.75) is 18.9 Å². The summed E-state index contributed by atoms with van der Waals surface area (Å²) in [4.78, 5) is 0. The first-order chi connectivity index (χ1) is 9.11. The molecule has 0 spiro atoms. The number of halogens is 2. The molecule has 1 aromatic carbocycles. The zero-order chi connectivity index (χ0) is 13.8. The molecule has 0 aliphatic carbocycles. The molecule has 0 amide bonds. The number of hydrogen-bond donors (Lipinski definition) is 2. The molecule has 2 rings (SSSR count). The minimum Gasteiger partial charge on any atom is -0.273 e. The third kappa shape index (κ3) is 3.57. The fraction of sp³-hybridized carbons (Fsp3) is 0.308. The molecule has 0 radical (unpaired) electrons. The summed E-state index contributed by atoms with van der Waals surface area (Å²) < 4.78 is 2.77. The topological polar surface area (TPSA) is 55.9 Å². The number of aryl methyl sites for hydroxylation is 2. The highest BCUT2D eigenvalue weighted by atomic mass is 79.9. The number of benzene rings is 1. The van der Waals surface area contributed by atoms with Gasteiger partial charge in [-0.15, -0.1) is 0 Å². The Morgan fingerprint density at radius 1 is 1.47 bits per heavy atom. The average Bonchev–Trinajstić information content (AvgIpc) is 2.80. The van der Waals surface area contributed by atoms with Crippen molar-refractivity contribution in [3.8, 4) is 0 Å². The predicted molar refractivity (Wildman–Crippen MR) is 80.7 cm³/mol. The van der Waals surface area contributed by atoms with Crippen molar-refractivity contribution >= 4 is 27.5 Å². The summed E-state index contributed by atoms with van der Waals surface area (Å²) in [5.74, 6) is 5.64. The van der Waals surface area contributed by atoms with Gasteiger partial charge in [0.15, 0.2) is 0 Å². The standard InChI is InChI=1S/C13H16BrClN4/c1-19-10(6-7-17-19)3-5-13(18-16)9-2-4-11(14)12(15)8-9/h2,4,6-8,13,18H,3,5,16H2,1H3. The molecule has 0 aliphatic heterocycles. The van der Waals surface area contributed by atoms with Crippen LogP contribution in [0.2, 0.25) is 5.02 Å². The van der Waals surface area contributed by atoms with Crippen LogP contribution in [0.5, 0.6) is 0 Å². The van der Waals surface area contributed by atoms with Gasteiger partial charge in [-0.2, -0.15) is 5.10 Å². The highest BCUT2D eigenvalue weighted by molar-refractivity contribution is 9.10. The molecule has 1 atom stereocenters. The van der Waals surface area contributed by atoms with Gasteiger partial charge in [0.25, 0.3) is 0 Å². The molecule has 1 unspecified atom stereocenters. The van der Waals surface area contributed by atoms with Crippen molar-refractivity contribution in [1.29, 1.82) is 0 Å². The minimum absolute atomic E-state index is 0.0699. The lowest BCUT2D eigenvalue weighted by Gasteiger charge is -2.17. The Morgan fingerprint density at radius 3 is 2.84 bits per heavy atom. The molecule has 3 N–H and O–H groups in total. The van der Waals surface area contributed by atoms with Gasteiger partial charge in [-0.1, -0.05) is 17.7 Å². The number of nitrogens with two attached hydrogens (primary N) is 1. The third-order valence-electron chi connectivity index (χ3n) is 3.16. The molecule has 1 aromatic heterocycles.